The van der Waals surface area contributed by atoms with Gasteiger partial charge in [0.25, 0.3) is 0 Å². The molecule has 0 radical (unpaired) electrons. The fraction of sp³-hybridized carbons (Fsp3) is 0.100. The van der Waals surface area contributed by atoms with Crippen LogP contribution in [0.25, 0.3) is 11.3 Å². The molecule has 0 unspecified atom stereocenters. The highest BCUT2D eigenvalue weighted by atomic mass is 19.1. The van der Waals surface area contributed by atoms with Gasteiger partial charge in [0.05, 0.1) is 0 Å². The minimum Gasteiger partial charge on any atom is -0.380 e. The predicted octanol–water partition coefficient (Wildman–Crippen LogP) is 2.25. The first kappa shape index (κ1) is 9.64. The van der Waals surface area contributed by atoms with Crippen LogP contribution in [-0.4, -0.2) is 10.2 Å². The highest BCUT2D eigenvalue weighted by Crippen LogP contribution is 2.26. The smallest absolute Gasteiger partial charge is 0.192 e. The topological polar surface area (TPSA) is 54.7 Å². The van der Waals surface area contributed by atoms with Crippen LogP contribution in [0.1, 0.15) is 5.56 Å². The van der Waals surface area contributed by atoms with E-state index < -0.39 is 11.6 Å². The molecule has 3 nitrogen and oxygen atoms in total. The van der Waals surface area contributed by atoms with Crippen molar-refractivity contribution in [1.29, 1.82) is 0 Å². The third-order valence-corrected chi connectivity index (χ3v) is 2.12. The lowest BCUT2D eigenvalue weighted by atomic mass is 10.1. The minimum atomic E-state index is -0.723. The van der Waals surface area contributed by atoms with Gasteiger partial charge in [0, 0.05) is 5.56 Å². The molecule has 1 heterocycles. The van der Waals surface area contributed by atoms with Crippen LogP contribution in [0.5, 0.6) is 0 Å². The molecule has 0 aliphatic rings. The van der Waals surface area contributed by atoms with Crippen LogP contribution in [0.3, 0.4) is 0 Å². The zero-order chi connectivity index (χ0) is 11.0. The molecule has 0 aliphatic carbocycles. The van der Waals surface area contributed by atoms with Crippen molar-refractivity contribution in [2.75, 3.05) is 5.73 Å². The quantitative estimate of drug-likeness (QED) is 0.756. The maximum absolute atomic E-state index is 13.4. The van der Waals surface area contributed by atoms with E-state index in [0.717, 1.165) is 5.56 Å². The summed E-state index contributed by atoms with van der Waals surface area (Å²) < 4.78 is 26.8. The Kier molecular flexibility index (Phi) is 2.15. The molecule has 2 rings (SSSR count). The van der Waals surface area contributed by atoms with Gasteiger partial charge in [-0.15, -0.1) is 0 Å². The standard InChI is InChI=1S/C10H9F2N3/c1-5-2-3-7(11)6(4-5)9-8(12)10(13)15-14-9/h2-4H,1H3,(H3,13,14,15). The summed E-state index contributed by atoms with van der Waals surface area (Å²) in [6.07, 6.45) is 0. The molecule has 1 aromatic heterocycles. The van der Waals surface area contributed by atoms with Gasteiger partial charge in [0.15, 0.2) is 11.6 Å². The lowest BCUT2D eigenvalue weighted by Crippen LogP contribution is -1.90. The van der Waals surface area contributed by atoms with Crippen LogP contribution in [0.2, 0.25) is 0 Å². The van der Waals surface area contributed by atoms with Crippen molar-refractivity contribution < 1.29 is 8.78 Å². The number of nitrogens with zero attached hydrogens (tertiary/aromatic N) is 1. The van der Waals surface area contributed by atoms with Gasteiger partial charge in [-0.05, 0) is 19.1 Å². The summed E-state index contributed by atoms with van der Waals surface area (Å²) in [5, 5.41) is 5.84. The molecular formula is C10H9F2N3. The summed E-state index contributed by atoms with van der Waals surface area (Å²) >= 11 is 0. The first-order chi connectivity index (χ1) is 7.09. The Balaban J connectivity index is 2.63. The molecule has 0 saturated carbocycles. The van der Waals surface area contributed by atoms with E-state index in [-0.39, 0.29) is 17.1 Å². The first-order valence-electron chi connectivity index (χ1n) is 4.35. The van der Waals surface area contributed by atoms with Crippen LogP contribution in [0.4, 0.5) is 14.6 Å². The summed E-state index contributed by atoms with van der Waals surface area (Å²) in [7, 11) is 0. The van der Waals surface area contributed by atoms with Crippen LogP contribution in [-0.2, 0) is 0 Å². The molecule has 2 aromatic rings. The monoisotopic (exact) mass is 209 g/mol. The highest BCUT2D eigenvalue weighted by Gasteiger charge is 2.15. The summed E-state index contributed by atoms with van der Waals surface area (Å²) in [4.78, 5) is 0. The van der Waals surface area contributed by atoms with E-state index in [1.807, 2.05) is 0 Å². The molecular weight excluding hydrogens is 200 g/mol. The van der Waals surface area contributed by atoms with Gasteiger partial charge in [0.2, 0.25) is 0 Å². The van der Waals surface area contributed by atoms with Crippen molar-refractivity contribution >= 4 is 5.82 Å². The van der Waals surface area contributed by atoms with Crippen molar-refractivity contribution in [3.8, 4) is 11.3 Å². The molecule has 0 aliphatic heterocycles. The lowest BCUT2D eigenvalue weighted by Gasteiger charge is -2.01. The van der Waals surface area contributed by atoms with Crippen molar-refractivity contribution in [3.63, 3.8) is 0 Å². The Morgan fingerprint density at radius 1 is 1.33 bits per heavy atom. The highest BCUT2D eigenvalue weighted by molar-refractivity contribution is 5.64. The Hall–Kier alpha value is -1.91. The second-order valence-electron chi connectivity index (χ2n) is 3.28. The van der Waals surface area contributed by atoms with Crippen molar-refractivity contribution in [3.05, 3.63) is 35.4 Å². The van der Waals surface area contributed by atoms with Crippen molar-refractivity contribution in [2.24, 2.45) is 0 Å². The first-order valence-corrected chi connectivity index (χ1v) is 4.35. The van der Waals surface area contributed by atoms with E-state index in [4.69, 9.17) is 5.73 Å². The fourth-order valence-electron chi connectivity index (χ4n) is 1.35. The van der Waals surface area contributed by atoms with Gasteiger partial charge in [0.1, 0.15) is 11.5 Å². The third-order valence-electron chi connectivity index (χ3n) is 2.12. The van der Waals surface area contributed by atoms with Gasteiger partial charge in [-0.2, -0.15) is 5.10 Å². The Morgan fingerprint density at radius 3 is 2.67 bits per heavy atom. The van der Waals surface area contributed by atoms with E-state index in [9.17, 15) is 8.78 Å². The zero-order valence-electron chi connectivity index (χ0n) is 8.01. The second-order valence-corrected chi connectivity index (χ2v) is 3.28. The summed E-state index contributed by atoms with van der Waals surface area (Å²) in [6.45, 7) is 1.79. The summed E-state index contributed by atoms with van der Waals surface area (Å²) in [6, 6.07) is 4.42. The zero-order valence-corrected chi connectivity index (χ0v) is 8.01. The SMILES string of the molecule is Cc1ccc(F)c(-c2[nH]nc(N)c2F)c1. The molecule has 0 amide bonds. The number of hydrogen-bond acceptors (Lipinski definition) is 2. The molecule has 15 heavy (non-hydrogen) atoms. The summed E-state index contributed by atoms with van der Waals surface area (Å²) in [5.41, 5.74) is 6.17. The molecule has 0 bridgehead atoms. The van der Waals surface area contributed by atoms with Gasteiger partial charge < -0.3 is 5.73 Å². The maximum atomic E-state index is 13.4. The third kappa shape index (κ3) is 1.56. The Bertz CT molecular complexity index is 505. The molecule has 5 heteroatoms. The average Bonchev–Trinajstić information content (AvgIpc) is 2.52. The number of anilines is 1. The Labute approximate surface area is 84.9 Å². The van der Waals surface area contributed by atoms with Gasteiger partial charge in [-0.25, -0.2) is 8.78 Å². The second kappa shape index (κ2) is 3.34. The predicted molar refractivity (Wildman–Crippen MR) is 53.1 cm³/mol. The molecule has 1 aromatic carbocycles. The molecule has 3 N–H and O–H groups in total. The van der Waals surface area contributed by atoms with Crippen LogP contribution < -0.4 is 5.73 Å². The van der Waals surface area contributed by atoms with E-state index in [0.29, 0.717) is 0 Å². The van der Waals surface area contributed by atoms with Crippen LogP contribution in [0, 0.1) is 18.6 Å². The average molecular weight is 209 g/mol. The molecule has 0 atom stereocenters. The number of aryl methyl sites for hydroxylation is 1. The number of nitrogens with two attached hydrogens (primary N) is 1. The van der Waals surface area contributed by atoms with Crippen molar-refractivity contribution in [1.82, 2.24) is 10.2 Å². The normalized spacial score (nSPS) is 10.6. The number of halogens is 2. The van der Waals surface area contributed by atoms with Crippen LogP contribution >= 0.6 is 0 Å². The molecule has 0 spiro atoms. The number of hydrogen-bond donors (Lipinski definition) is 2. The lowest BCUT2D eigenvalue weighted by molar-refractivity contribution is 0.618. The molecule has 0 saturated heterocycles. The van der Waals surface area contributed by atoms with Crippen molar-refractivity contribution in [2.45, 2.75) is 6.92 Å². The largest absolute Gasteiger partial charge is 0.380 e. The van der Waals surface area contributed by atoms with Gasteiger partial charge >= 0.3 is 0 Å². The number of rotatable bonds is 1. The number of nitrogen functional groups attached to an aromatic ring is 1. The van der Waals surface area contributed by atoms with Crippen LogP contribution in [0.15, 0.2) is 18.2 Å². The van der Waals surface area contributed by atoms with E-state index in [1.165, 1.54) is 12.1 Å². The fourth-order valence-corrected chi connectivity index (χ4v) is 1.35. The van der Waals surface area contributed by atoms with E-state index >= 15 is 0 Å². The van der Waals surface area contributed by atoms with Gasteiger partial charge in [-0.1, -0.05) is 11.6 Å². The van der Waals surface area contributed by atoms with Gasteiger partial charge in [-0.3, -0.25) is 5.10 Å². The number of aromatic nitrogens is 2. The Morgan fingerprint density at radius 2 is 2.07 bits per heavy atom. The number of aromatic amines is 1. The summed E-state index contributed by atoms with van der Waals surface area (Å²) in [5.74, 6) is -1.49. The number of benzene rings is 1. The minimum absolute atomic E-state index is 0.0197. The van der Waals surface area contributed by atoms with E-state index in [1.54, 1.807) is 13.0 Å². The maximum Gasteiger partial charge on any atom is 0.192 e. The number of nitrogens with one attached hydrogen (secondary N) is 1. The van der Waals surface area contributed by atoms with E-state index in [2.05, 4.69) is 10.2 Å². The molecule has 78 valence electrons. The number of H-pyrrole nitrogens is 1. The molecule has 0 fully saturated rings.